The molecule has 0 bridgehead atoms. The van der Waals surface area contributed by atoms with Crippen LogP contribution in [0.2, 0.25) is 0 Å². The molecule has 4 nitrogen and oxygen atoms in total. The molecule has 2 aromatic rings. The van der Waals surface area contributed by atoms with Gasteiger partial charge < -0.3 is 10.6 Å². The fraction of sp³-hybridized carbons (Fsp3) is 0.529. The Morgan fingerprint density at radius 1 is 1.26 bits per heavy atom. The number of aryl methyl sites for hydroxylation is 1. The molecule has 1 heterocycles. The molecule has 0 radical (unpaired) electrons. The molecule has 0 saturated heterocycles. The summed E-state index contributed by atoms with van der Waals surface area (Å²) in [6.07, 6.45) is 2.07. The number of nitrogens with zero attached hydrogens (tertiary/aromatic N) is 2. The number of halogens is 1. The van der Waals surface area contributed by atoms with Gasteiger partial charge in [0.25, 0.3) is 0 Å². The number of guanidine groups is 1. The van der Waals surface area contributed by atoms with Crippen molar-refractivity contribution in [3.8, 4) is 0 Å². The number of thiazole rings is 1. The molecule has 0 aliphatic rings. The quantitative estimate of drug-likeness (QED) is 0.292. The molecule has 0 aliphatic heterocycles. The fourth-order valence-electron chi connectivity index (χ4n) is 2.09. The van der Waals surface area contributed by atoms with Crippen LogP contribution in [-0.2, 0) is 6.42 Å². The van der Waals surface area contributed by atoms with Crippen molar-refractivity contribution in [3.63, 3.8) is 0 Å². The van der Waals surface area contributed by atoms with Crippen LogP contribution in [-0.4, -0.2) is 30.6 Å². The monoisotopic (exact) mass is 446 g/mol. The molecule has 0 spiro atoms. The number of hydrogen-bond acceptors (Lipinski definition) is 3. The Hall–Kier alpha value is -0.890. The van der Waals surface area contributed by atoms with Crippen LogP contribution in [0.4, 0.5) is 0 Å². The predicted octanol–water partition coefficient (Wildman–Crippen LogP) is 4.06. The lowest BCUT2D eigenvalue weighted by Gasteiger charge is -2.11. The molecule has 0 amide bonds. The second-order valence-corrected chi connectivity index (χ2v) is 6.83. The maximum absolute atomic E-state index is 4.67. The fourth-order valence-corrected chi connectivity index (χ4v) is 3.10. The number of aromatic nitrogens is 1. The van der Waals surface area contributed by atoms with Gasteiger partial charge in [-0.1, -0.05) is 26.0 Å². The summed E-state index contributed by atoms with van der Waals surface area (Å²) in [4.78, 5) is 9.24. The number of fused-ring (bicyclic) bond motifs is 1. The topological polar surface area (TPSA) is 49.3 Å². The van der Waals surface area contributed by atoms with Gasteiger partial charge in [-0.25, -0.2) is 4.98 Å². The first-order chi connectivity index (χ1) is 10.7. The van der Waals surface area contributed by atoms with Gasteiger partial charge in [0.15, 0.2) is 5.96 Å². The molecule has 0 aliphatic carbocycles. The second-order valence-electron chi connectivity index (χ2n) is 5.72. The smallest absolute Gasteiger partial charge is 0.191 e. The van der Waals surface area contributed by atoms with Crippen LogP contribution >= 0.6 is 35.3 Å². The molecule has 1 aromatic carbocycles. The van der Waals surface area contributed by atoms with E-state index in [0.29, 0.717) is 5.92 Å². The van der Waals surface area contributed by atoms with E-state index >= 15 is 0 Å². The molecule has 0 fully saturated rings. The van der Waals surface area contributed by atoms with Gasteiger partial charge in [0.05, 0.1) is 15.2 Å². The van der Waals surface area contributed by atoms with Crippen molar-refractivity contribution in [2.75, 3.05) is 19.6 Å². The van der Waals surface area contributed by atoms with Crippen LogP contribution in [0.15, 0.2) is 29.3 Å². The third kappa shape index (κ3) is 7.03. The zero-order valence-corrected chi connectivity index (χ0v) is 17.3. The third-order valence-corrected chi connectivity index (χ3v) is 4.25. The van der Waals surface area contributed by atoms with Crippen molar-refractivity contribution in [2.24, 2.45) is 10.9 Å². The van der Waals surface area contributed by atoms with Crippen molar-refractivity contribution in [3.05, 3.63) is 29.3 Å². The molecule has 6 heteroatoms. The summed E-state index contributed by atoms with van der Waals surface area (Å²) in [7, 11) is 0. The molecular formula is C17H27IN4S. The van der Waals surface area contributed by atoms with Crippen LogP contribution in [0.1, 0.15) is 32.2 Å². The highest BCUT2D eigenvalue weighted by molar-refractivity contribution is 14.0. The summed E-state index contributed by atoms with van der Waals surface area (Å²) in [5.74, 6) is 1.50. The van der Waals surface area contributed by atoms with E-state index in [4.69, 9.17) is 0 Å². The minimum atomic E-state index is 0. The highest BCUT2D eigenvalue weighted by Gasteiger charge is 2.03. The number of rotatable bonds is 7. The highest BCUT2D eigenvalue weighted by Crippen LogP contribution is 2.22. The summed E-state index contributed by atoms with van der Waals surface area (Å²) in [6.45, 7) is 9.11. The van der Waals surface area contributed by atoms with E-state index in [1.807, 2.05) is 6.07 Å². The Labute approximate surface area is 160 Å². The van der Waals surface area contributed by atoms with Crippen molar-refractivity contribution in [1.82, 2.24) is 15.6 Å². The summed E-state index contributed by atoms with van der Waals surface area (Å²) in [5.41, 5.74) is 1.11. The van der Waals surface area contributed by atoms with E-state index in [1.54, 1.807) is 11.3 Å². The maximum Gasteiger partial charge on any atom is 0.191 e. The lowest BCUT2D eigenvalue weighted by Crippen LogP contribution is -2.38. The first-order valence-corrected chi connectivity index (χ1v) is 8.87. The van der Waals surface area contributed by atoms with Gasteiger partial charge in [-0.2, -0.15) is 0 Å². The van der Waals surface area contributed by atoms with Crippen LogP contribution in [0.5, 0.6) is 0 Å². The summed E-state index contributed by atoms with van der Waals surface area (Å²) < 4.78 is 1.28. The summed E-state index contributed by atoms with van der Waals surface area (Å²) in [6, 6.07) is 8.33. The maximum atomic E-state index is 4.67. The molecule has 0 atom stereocenters. The standard InChI is InChI=1S/C17H26N4S.HI/c1-4-18-17(20-12-13(2)3)19-11-7-10-16-21-14-8-5-6-9-15(14)22-16;/h5-6,8-9,13H,4,7,10-12H2,1-3H3,(H2,18,19,20);1H. The number of aliphatic imine (C=N–C) groups is 1. The van der Waals surface area contributed by atoms with Gasteiger partial charge in [-0.3, -0.25) is 4.99 Å². The van der Waals surface area contributed by atoms with E-state index in [9.17, 15) is 0 Å². The van der Waals surface area contributed by atoms with E-state index in [2.05, 4.69) is 59.6 Å². The first kappa shape index (κ1) is 20.2. The Balaban J connectivity index is 0.00000264. The Kier molecular flexibility index (Phi) is 9.47. The number of nitrogens with one attached hydrogen (secondary N) is 2. The van der Waals surface area contributed by atoms with Gasteiger partial charge in [0.2, 0.25) is 0 Å². The van der Waals surface area contributed by atoms with E-state index < -0.39 is 0 Å². The number of benzene rings is 1. The molecule has 128 valence electrons. The average molecular weight is 446 g/mol. The minimum absolute atomic E-state index is 0. The zero-order valence-electron chi connectivity index (χ0n) is 14.1. The van der Waals surface area contributed by atoms with Crippen molar-refractivity contribution in [1.29, 1.82) is 0 Å². The SMILES string of the molecule is CCNC(=NCC(C)C)NCCCc1nc2ccccc2s1.I. The summed E-state index contributed by atoms with van der Waals surface area (Å²) >= 11 is 1.80. The Bertz CT molecular complexity index is 576. The van der Waals surface area contributed by atoms with Crippen molar-refractivity contribution >= 4 is 51.5 Å². The minimum Gasteiger partial charge on any atom is -0.357 e. The van der Waals surface area contributed by atoms with Gasteiger partial charge in [-0.05, 0) is 31.4 Å². The van der Waals surface area contributed by atoms with Gasteiger partial charge in [0.1, 0.15) is 0 Å². The van der Waals surface area contributed by atoms with Crippen LogP contribution in [0.25, 0.3) is 10.2 Å². The van der Waals surface area contributed by atoms with E-state index in [1.165, 1.54) is 9.71 Å². The van der Waals surface area contributed by atoms with Crippen LogP contribution < -0.4 is 10.6 Å². The number of para-hydroxylation sites is 1. The van der Waals surface area contributed by atoms with Crippen LogP contribution in [0, 0.1) is 5.92 Å². The van der Waals surface area contributed by atoms with Crippen molar-refractivity contribution in [2.45, 2.75) is 33.6 Å². The molecule has 1 aromatic heterocycles. The molecule has 2 rings (SSSR count). The molecule has 0 saturated carbocycles. The highest BCUT2D eigenvalue weighted by atomic mass is 127. The van der Waals surface area contributed by atoms with E-state index in [0.717, 1.165) is 44.0 Å². The van der Waals surface area contributed by atoms with Gasteiger partial charge in [-0.15, -0.1) is 35.3 Å². The van der Waals surface area contributed by atoms with Crippen molar-refractivity contribution < 1.29 is 0 Å². The largest absolute Gasteiger partial charge is 0.357 e. The predicted molar refractivity (Wildman–Crippen MR) is 112 cm³/mol. The van der Waals surface area contributed by atoms with Gasteiger partial charge in [0, 0.05) is 26.1 Å². The van der Waals surface area contributed by atoms with E-state index in [-0.39, 0.29) is 24.0 Å². The molecule has 23 heavy (non-hydrogen) atoms. The molecule has 2 N–H and O–H groups in total. The average Bonchev–Trinajstić information content (AvgIpc) is 2.91. The zero-order chi connectivity index (χ0) is 15.8. The normalized spacial score (nSPS) is 11.6. The lowest BCUT2D eigenvalue weighted by atomic mass is 10.2. The first-order valence-electron chi connectivity index (χ1n) is 8.05. The molecular weight excluding hydrogens is 419 g/mol. The summed E-state index contributed by atoms with van der Waals surface area (Å²) in [5, 5.41) is 7.89. The van der Waals surface area contributed by atoms with Gasteiger partial charge >= 0.3 is 0 Å². The van der Waals surface area contributed by atoms with Crippen LogP contribution in [0.3, 0.4) is 0 Å². The Morgan fingerprint density at radius 3 is 2.74 bits per heavy atom. The lowest BCUT2D eigenvalue weighted by molar-refractivity contribution is 0.654. The second kappa shape index (κ2) is 10.8. The Morgan fingerprint density at radius 2 is 2.04 bits per heavy atom. The third-order valence-electron chi connectivity index (χ3n) is 3.16. The molecule has 0 unspecified atom stereocenters. The number of hydrogen-bond donors (Lipinski definition) is 2.